The Hall–Kier alpha value is -2.67. The van der Waals surface area contributed by atoms with E-state index in [1.165, 1.54) is 35.1 Å². The van der Waals surface area contributed by atoms with E-state index in [0.717, 1.165) is 48.1 Å². The van der Waals surface area contributed by atoms with Crippen LogP contribution in [-0.4, -0.2) is 47.1 Å². The molecule has 5 rings (SSSR count). The summed E-state index contributed by atoms with van der Waals surface area (Å²) in [5.74, 6) is 2.00. The van der Waals surface area contributed by atoms with Gasteiger partial charge in [-0.2, -0.15) is 0 Å². The Morgan fingerprint density at radius 1 is 1.07 bits per heavy atom. The van der Waals surface area contributed by atoms with Crippen molar-refractivity contribution in [3.05, 3.63) is 46.6 Å². The van der Waals surface area contributed by atoms with Gasteiger partial charge in [0.1, 0.15) is 16.5 Å². The maximum absolute atomic E-state index is 12.6. The molecule has 0 spiro atoms. The number of nitrogens with one attached hydrogen (secondary N) is 1. The minimum atomic E-state index is -0.0316. The van der Waals surface area contributed by atoms with E-state index in [1.807, 2.05) is 46.6 Å². The lowest BCUT2D eigenvalue weighted by molar-refractivity contribution is 0.208. The van der Waals surface area contributed by atoms with Crippen molar-refractivity contribution >= 4 is 39.1 Å². The predicted octanol–water partition coefficient (Wildman–Crippen LogP) is 4.49. The topological polar surface area (TPSA) is 61.4 Å². The molecule has 2 aromatic heterocycles. The molecule has 2 amide bonds. The van der Waals surface area contributed by atoms with Gasteiger partial charge in [0.15, 0.2) is 0 Å². The Bertz CT molecular complexity index is 1060. The third-order valence-electron chi connectivity index (χ3n) is 6.05. The van der Waals surface area contributed by atoms with Crippen LogP contribution in [0.25, 0.3) is 10.2 Å². The number of urea groups is 1. The lowest BCUT2D eigenvalue weighted by atomic mass is 9.97. The fourth-order valence-corrected chi connectivity index (χ4v) is 5.69. The van der Waals surface area contributed by atoms with Crippen LogP contribution in [0.5, 0.6) is 0 Å². The molecular weight excluding hydrogens is 394 g/mol. The van der Waals surface area contributed by atoms with Gasteiger partial charge in [-0.25, -0.2) is 14.8 Å². The Labute approximate surface area is 180 Å². The van der Waals surface area contributed by atoms with Crippen LogP contribution in [-0.2, 0) is 19.3 Å². The summed E-state index contributed by atoms with van der Waals surface area (Å²) < 4.78 is 0. The number of rotatable bonds is 3. The predicted molar refractivity (Wildman–Crippen MR) is 123 cm³/mol. The summed E-state index contributed by atoms with van der Waals surface area (Å²) in [6.45, 7) is 5.09. The van der Waals surface area contributed by atoms with E-state index in [4.69, 9.17) is 9.97 Å². The van der Waals surface area contributed by atoms with E-state index < -0.39 is 0 Å². The Kier molecular flexibility index (Phi) is 5.29. The number of para-hydroxylation sites is 1. The number of amides is 2. The smallest absolute Gasteiger partial charge is 0.321 e. The number of piperazine rings is 1. The van der Waals surface area contributed by atoms with Crippen molar-refractivity contribution in [1.29, 1.82) is 0 Å². The largest absolute Gasteiger partial charge is 0.352 e. The van der Waals surface area contributed by atoms with E-state index >= 15 is 0 Å². The fraction of sp³-hybridized carbons (Fsp3) is 0.435. The lowest BCUT2D eigenvalue weighted by Gasteiger charge is -2.36. The fourth-order valence-electron chi connectivity index (χ4n) is 4.41. The van der Waals surface area contributed by atoms with Crippen molar-refractivity contribution in [3.63, 3.8) is 0 Å². The number of carbonyl (C=O) groups is 1. The first-order valence-corrected chi connectivity index (χ1v) is 11.7. The number of hydrogen-bond acceptors (Lipinski definition) is 5. The molecule has 156 valence electrons. The number of aryl methyl sites for hydroxylation is 3. The third kappa shape index (κ3) is 3.62. The standard InChI is InChI=1S/C23H27N5OS/c1-2-19-25-21(20-17-10-6-7-11-18(17)30-22(20)26-19)27-12-14-28(15-13-27)23(29)24-16-8-4-3-5-9-16/h3-5,8-9H,2,6-7,10-15H2,1H3,(H,24,29). The van der Waals surface area contributed by atoms with Crippen LogP contribution in [0.2, 0.25) is 0 Å². The quantitative estimate of drug-likeness (QED) is 0.677. The normalized spacial score (nSPS) is 16.6. The molecule has 0 saturated carbocycles. The maximum atomic E-state index is 12.6. The molecular formula is C23H27N5OS. The summed E-state index contributed by atoms with van der Waals surface area (Å²) in [5, 5.41) is 4.27. The number of thiophene rings is 1. The van der Waals surface area contributed by atoms with Gasteiger partial charge >= 0.3 is 6.03 Å². The van der Waals surface area contributed by atoms with E-state index in [-0.39, 0.29) is 6.03 Å². The van der Waals surface area contributed by atoms with Gasteiger partial charge in [0, 0.05) is 43.2 Å². The van der Waals surface area contributed by atoms with Gasteiger partial charge in [-0.3, -0.25) is 0 Å². The van der Waals surface area contributed by atoms with Crippen molar-refractivity contribution < 1.29 is 4.79 Å². The minimum Gasteiger partial charge on any atom is -0.352 e. The number of fused-ring (bicyclic) bond motifs is 3. The minimum absolute atomic E-state index is 0.0316. The molecule has 0 unspecified atom stereocenters. The number of carbonyl (C=O) groups excluding carboxylic acids is 1. The van der Waals surface area contributed by atoms with Crippen LogP contribution >= 0.6 is 11.3 Å². The van der Waals surface area contributed by atoms with Crippen LogP contribution in [0.4, 0.5) is 16.3 Å². The Morgan fingerprint density at radius 2 is 1.83 bits per heavy atom. The Morgan fingerprint density at radius 3 is 2.60 bits per heavy atom. The molecule has 1 saturated heterocycles. The zero-order valence-electron chi connectivity index (χ0n) is 17.4. The number of hydrogen-bond donors (Lipinski definition) is 1. The van der Waals surface area contributed by atoms with Crippen molar-refractivity contribution in [1.82, 2.24) is 14.9 Å². The van der Waals surface area contributed by atoms with Gasteiger partial charge in [-0.05, 0) is 43.4 Å². The summed E-state index contributed by atoms with van der Waals surface area (Å²) in [4.78, 5) is 29.4. The number of aromatic nitrogens is 2. The van der Waals surface area contributed by atoms with E-state index in [1.54, 1.807) is 0 Å². The highest BCUT2D eigenvalue weighted by Gasteiger charge is 2.27. The highest BCUT2D eigenvalue weighted by atomic mass is 32.1. The second-order valence-corrected chi connectivity index (χ2v) is 9.06. The molecule has 2 aliphatic rings. The molecule has 30 heavy (non-hydrogen) atoms. The van der Waals surface area contributed by atoms with Gasteiger partial charge in [0.05, 0.1) is 5.39 Å². The number of anilines is 2. The first-order chi connectivity index (χ1) is 14.7. The first-order valence-electron chi connectivity index (χ1n) is 10.9. The zero-order valence-corrected chi connectivity index (χ0v) is 18.2. The molecule has 1 aliphatic heterocycles. The maximum Gasteiger partial charge on any atom is 0.321 e. The Balaban J connectivity index is 1.37. The van der Waals surface area contributed by atoms with Gasteiger partial charge in [0.25, 0.3) is 0 Å². The molecule has 3 aromatic rings. The van der Waals surface area contributed by atoms with Crippen LogP contribution in [0.15, 0.2) is 30.3 Å². The summed E-state index contributed by atoms with van der Waals surface area (Å²) in [7, 11) is 0. The lowest BCUT2D eigenvalue weighted by Crippen LogP contribution is -2.50. The molecule has 1 aliphatic carbocycles. The van der Waals surface area contributed by atoms with Gasteiger partial charge in [0.2, 0.25) is 0 Å². The van der Waals surface area contributed by atoms with Crippen LogP contribution in [0, 0.1) is 0 Å². The molecule has 7 heteroatoms. The molecule has 1 aromatic carbocycles. The zero-order chi connectivity index (χ0) is 20.5. The molecule has 0 radical (unpaired) electrons. The summed E-state index contributed by atoms with van der Waals surface area (Å²) >= 11 is 1.86. The molecule has 6 nitrogen and oxygen atoms in total. The SMILES string of the molecule is CCc1nc(N2CCN(C(=O)Nc3ccccc3)CC2)c2c3c(sc2n1)CCCC3. The van der Waals surface area contributed by atoms with Crippen molar-refractivity contribution in [3.8, 4) is 0 Å². The number of benzene rings is 1. The molecule has 0 bridgehead atoms. The van der Waals surface area contributed by atoms with Crippen molar-refractivity contribution in [2.24, 2.45) is 0 Å². The highest BCUT2D eigenvalue weighted by molar-refractivity contribution is 7.19. The summed E-state index contributed by atoms with van der Waals surface area (Å²) in [6.07, 6.45) is 5.67. The van der Waals surface area contributed by atoms with Crippen LogP contribution in [0.1, 0.15) is 36.0 Å². The molecule has 1 fully saturated rings. The second kappa shape index (κ2) is 8.22. The third-order valence-corrected chi connectivity index (χ3v) is 7.24. The van der Waals surface area contributed by atoms with Crippen molar-refractivity contribution in [2.45, 2.75) is 39.0 Å². The highest BCUT2D eigenvalue weighted by Crippen LogP contribution is 2.40. The summed E-state index contributed by atoms with van der Waals surface area (Å²) in [6, 6.07) is 9.61. The van der Waals surface area contributed by atoms with Gasteiger partial charge in [-0.1, -0.05) is 25.1 Å². The van der Waals surface area contributed by atoms with Crippen LogP contribution in [0.3, 0.4) is 0 Å². The van der Waals surface area contributed by atoms with E-state index in [0.29, 0.717) is 13.1 Å². The molecule has 3 heterocycles. The van der Waals surface area contributed by atoms with Crippen LogP contribution < -0.4 is 10.2 Å². The van der Waals surface area contributed by atoms with E-state index in [9.17, 15) is 4.79 Å². The summed E-state index contributed by atoms with van der Waals surface area (Å²) in [5.41, 5.74) is 2.31. The van der Waals surface area contributed by atoms with Gasteiger partial charge < -0.3 is 15.1 Å². The molecule has 1 N–H and O–H groups in total. The monoisotopic (exact) mass is 421 g/mol. The first kappa shape index (κ1) is 19.3. The van der Waals surface area contributed by atoms with Crippen molar-refractivity contribution in [2.75, 3.05) is 36.4 Å². The van der Waals surface area contributed by atoms with E-state index in [2.05, 4.69) is 17.1 Å². The van der Waals surface area contributed by atoms with Gasteiger partial charge in [-0.15, -0.1) is 11.3 Å². The number of nitrogens with zero attached hydrogens (tertiary/aromatic N) is 4. The molecule has 0 atom stereocenters. The average Bonchev–Trinajstić information content (AvgIpc) is 3.17. The average molecular weight is 422 g/mol. The second-order valence-electron chi connectivity index (χ2n) is 7.98.